The Labute approximate surface area is 155 Å². The predicted molar refractivity (Wildman–Crippen MR) is 104 cm³/mol. The SMILES string of the molecule is CN/C=C(\NC)S(=O)(=O)N1CCOc2c(N3CCNCC3)cc(C)cc21. The molecule has 8 nitrogen and oxygen atoms in total. The van der Waals surface area contributed by atoms with E-state index in [-0.39, 0.29) is 11.6 Å². The van der Waals surface area contributed by atoms with E-state index in [0.29, 0.717) is 18.0 Å². The molecule has 3 N–H and O–H groups in total. The van der Waals surface area contributed by atoms with E-state index in [0.717, 1.165) is 37.4 Å². The Kier molecular flexibility index (Phi) is 5.47. The molecular weight excluding hydrogens is 354 g/mol. The lowest BCUT2D eigenvalue weighted by atomic mass is 10.1. The van der Waals surface area contributed by atoms with E-state index in [1.54, 1.807) is 14.1 Å². The third-order valence-corrected chi connectivity index (χ3v) is 6.39. The summed E-state index contributed by atoms with van der Waals surface area (Å²) in [5.74, 6) is 0.646. The van der Waals surface area contributed by atoms with Gasteiger partial charge < -0.3 is 25.6 Å². The molecule has 0 amide bonds. The smallest absolute Gasteiger partial charge is 0.281 e. The van der Waals surface area contributed by atoms with Gasteiger partial charge in [-0.25, -0.2) is 0 Å². The van der Waals surface area contributed by atoms with E-state index >= 15 is 0 Å². The molecule has 1 aromatic rings. The number of anilines is 2. The number of piperazine rings is 1. The van der Waals surface area contributed by atoms with Gasteiger partial charge in [0.05, 0.1) is 17.9 Å². The summed E-state index contributed by atoms with van der Waals surface area (Å²) in [6.07, 6.45) is 1.46. The van der Waals surface area contributed by atoms with Crippen LogP contribution in [0.25, 0.3) is 0 Å². The topological polar surface area (TPSA) is 85.9 Å². The minimum absolute atomic E-state index is 0.123. The number of hydrogen-bond acceptors (Lipinski definition) is 7. The highest BCUT2D eigenvalue weighted by Gasteiger charge is 2.34. The number of fused-ring (bicyclic) bond motifs is 1. The molecule has 0 unspecified atom stereocenters. The van der Waals surface area contributed by atoms with Crippen LogP contribution in [-0.4, -0.2) is 61.8 Å². The number of ether oxygens (including phenoxy) is 1. The maximum absolute atomic E-state index is 13.1. The lowest BCUT2D eigenvalue weighted by Gasteiger charge is -2.36. The summed E-state index contributed by atoms with van der Waals surface area (Å²) in [7, 11) is -0.429. The first-order valence-electron chi connectivity index (χ1n) is 8.80. The van der Waals surface area contributed by atoms with Gasteiger partial charge in [0, 0.05) is 46.5 Å². The molecule has 0 atom stereocenters. The van der Waals surface area contributed by atoms with Gasteiger partial charge in [0.2, 0.25) is 0 Å². The lowest BCUT2D eigenvalue weighted by molar-refractivity contribution is 0.315. The molecule has 1 saturated heterocycles. The van der Waals surface area contributed by atoms with Gasteiger partial charge >= 0.3 is 0 Å². The summed E-state index contributed by atoms with van der Waals surface area (Å²) in [6, 6.07) is 3.95. The van der Waals surface area contributed by atoms with Gasteiger partial charge in [-0.15, -0.1) is 0 Å². The van der Waals surface area contributed by atoms with Gasteiger partial charge in [-0.2, -0.15) is 8.42 Å². The molecule has 1 aromatic carbocycles. The van der Waals surface area contributed by atoms with Crippen LogP contribution in [0.15, 0.2) is 23.4 Å². The van der Waals surface area contributed by atoms with Crippen molar-refractivity contribution in [2.75, 3.05) is 62.6 Å². The van der Waals surface area contributed by atoms with Crippen LogP contribution < -0.4 is 29.9 Å². The van der Waals surface area contributed by atoms with Gasteiger partial charge in [0.25, 0.3) is 10.0 Å². The summed E-state index contributed by atoms with van der Waals surface area (Å²) in [5.41, 5.74) is 2.57. The third-order valence-electron chi connectivity index (χ3n) is 4.55. The summed E-state index contributed by atoms with van der Waals surface area (Å²) >= 11 is 0. The number of benzene rings is 1. The zero-order valence-electron chi connectivity index (χ0n) is 15.5. The number of hydrogen-bond donors (Lipinski definition) is 3. The first-order valence-corrected chi connectivity index (χ1v) is 10.2. The van der Waals surface area contributed by atoms with Crippen molar-refractivity contribution in [3.8, 4) is 5.75 Å². The highest BCUT2D eigenvalue weighted by molar-refractivity contribution is 7.96. The van der Waals surface area contributed by atoms with Gasteiger partial charge in [-0.05, 0) is 24.6 Å². The highest BCUT2D eigenvalue weighted by atomic mass is 32.2. The van der Waals surface area contributed by atoms with Crippen LogP contribution in [0.5, 0.6) is 5.75 Å². The quantitative estimate of drug-likeness (QED) is 0.670. The fourth-order valence-corrected chi connectivity index (χ4v) is 4.81. The molecular formula is C17H27N5O3S. The molecule has 144 valence electrons. The molecule has 0 bridgehead atoms. The fraction of sp³-hybridized carbons (Fsp3) is 0.529. The second-order valence-electron chi connectivity index (χ2n) is 6.34. The number of aryl methyl sites for hydroxylation is 1. The van der Waals surface area contributed by atoms with E-state index < -0.39 is 10.0 Å². The normalized spacial score (nSPS) is 18.2. The van der Waals surface area contributed by atoms with Crippen LogP contribution in [0, 0.1) is 6.92 Å². The molecule has 0 radical (unpaired) electrons. The largest absolute Gasteiger partial charge is 0.487 e. The van der Waals surface area contributed by atoms with E-state index in [1.165, 1.54) is 10.5 Å². The highest BCUT2D eigenvalue weighted by Crippen LogP contribution is 2.43. The minimum atomic E-state index is -3.70. The zero-order chi connectivity index (χ0) is 18.7. The fourth-order valence-electron chi connectivity index (χ4n) is 3.34. The summed E-state index contributed by atoms with van der Waals surface area (Å²) in [5, 5.41) is 9.02. The third kappa shape index (κ3) is 3.41. The van der Waals surface area contributed by atoms with E-state index in [1.807, 2.05) is 13.0 Å². The molecule has 26 heavy (non-hydrogen) atoms. The first-order chi connectivity index (χ1) is 12.5. The van der Waals surface area contributed by atoms with Crippen LogP contribution >= 0.6 is 0 Å². The molecule has 3 rings (SSSR count). The van der Waals surface area contributed by atoms with Crippen molar-refractivity contribution < 1.29 is 13.2 Å². The van der Waals surface area contributed by atoms with Crippen LogP contribution in [0.2, 0.25) is 0 Å². The average Bonchev–Trinajstić information content (AvgIpc) is 2.65. The molecule has 0 spiro atoms. The van der Waals surface area contributed by atoms with Gasteiger partial charge in [-0.3, -0.25) is 4.31 Å². The maximum atomic E-state index is 13.1. The van der Waals surface area contributed by atoms with Crippen molar-refractivity contribution in [1.29, 1.82) is 0 Å². The molecule has 0 aliphatic carbocycles. The Bertz CT molecular complexity index is 788. The number of nitrogens with zero attached hydrogens (tertiary/aromatic N) is 2. The van der Waals surface area contributed by atoms with Gasteiger partial charge in [-0.1, -0.05) is 0 Å². The van der Waals surface area contributed by atoms with Crippen molar-refractivity contribution in [3.63, 3.8) is 0 Å². The number of rotatable bonds is 5. The van der Waals surface area contributed by atoms with E-state index in [2.05, 4.69) is 26.9 Å². The van der Waals surface area contributed by atoms with E-state index in [4.69, 9.17) is 4.74 Å². The van der Waals surface area contributed by atoms with Gasteiger partial charge in [0.15, 0.2) is 10.8 Å². The van der Waals surface area contributed by atoms with Gasteiger partial charge in [0.1, 0.15) is 6.61 Å². The van der Waals surface area contributed by atoms with Crippen molar-refractivity contribution >= 4 is 21.4 Å². The average molecular weight is 382 g/mol. The van der Waals surface area contributed by atoms with Crippen molar-refractivity contribution in [1.82, 2.24) is 16.0 Å². The molecule has 9 heteroatoms. The summed E-state index contributed by atoms with van der Waals surface area (Å²) < 4.78 is 33.7. The van der Waals surface area contributed by atoms with Crippen molar-refractivity contribution in [3.05, 3.63) is 28.9 Å². The number of nitrogens with one attached hydrogen (secondary N) is 3. The first kappa shape index (κ1) is 18.7. The second-order valence-corrected chi connectivity index (χ2v) is 8.17. The van der Waals surface area contributed by atoms with Crippen LogP contribution in [0.4, 0.5) is 11.4 Å². The predicted octanol–water partition coefficient (Wildman–Crippen LogP) is 0.171. The standard InChI is InChI=1S/C17H27N5O3S/c1-13-10-14(21-6-4-20-5-7-21)17-15(11-13)22(8-9-25-17)26(23,24)16(19-3)12-18-2/h10-12,18-20H,4-9H2,1-3H3/b16-12+. The monoisotopic (exact) mass is 381 g/mol. The Hall–Kier alpha value is -2.13. The van der Waals surface area contributed by atoms with E-state index in [9.17, 15) is 8.42 Å². The molecule has 0 saturated carbocycles. The summed E-state index contributed by atoms with van der Waals surface area (Å²) in [6.45, 7) is 6.13. The Morgan fingerprint density at radius 2 is 1.88 bits per heavy atom. The Morgan fingerprint density at radius 3 is 2.54 bits per heavy atom. The molecule has 2 aliphatic heterocycles. The molecule has 2 aliphatic rings. The zero-order valence-corrected chi connectivity index (χ0v) is 16.3. The molecule has 0 aromatic heterocycles. The van der Waals surface area contributed by atoms with Crippen molar-refractivity contribution in [2.24, 2.45) is 0 Å². The number of sulfonamides is 1. The van der Waals surface area contributed by atoms with Crippen molar-refractivity contribution in [2.45, 2.75) is 6.92 Å². The molecule has 1 fully saturated rings. The minimum Gasteiger partial charge on any atom is -0.487 e. The lowest BCUT2D eigenvalue weighted by Crippen LogP contribution is -2.45. The molecule has 2 heterocycles. The Morgan fingerprint density at radius 1 is 1.19 bits per heavy atom. The Balaban J connectivity index is 2.07. The second kappa shape index (κ2) is 7.63. The maximum Gasteiger partial charge on any atom is 0.281 e. The van der Waals surface area contributed by atoms with Crippen LogP contribution in [0.1, 0.15) is 5.56 Å². The van der Waals surface area contributed by atoms with Crippen LogP contribution in [-0.2, 0) is 10.0 Å². The summed E-state index contributed by atoms with van der Waals surface area (Å²) in [4.78, 5) is 2.25. The van der Waals surface area contributed by atoms with Crippen LogP contribution in [0.3, 0.4) is 0 Å².